The Morgan fingerprint density at radius 1 is 1.10 bits per heavy atom. The van der Waals surface area contributed by atoms with Gasteiger partial charge in [-0.05, 0) is 63.0 Å². The van der Waals surface area contributed by atoms with Crippen LogP contribution in [0.3, 0.4) is 0 Å². The van der Waals surface area contributed by atoms with E-state index in [9.17, 15) is 14.7 Å². The number of aliphatic hydroxyl groups is 1. The van der Waals surface area contributed by atoms with Crippen molar-refractivity contribution in [2.75, 3.05) is 34.3 Å². The van der Waals surface area contributed by atoms with Crippen LogP contribution in [0.4, 0.5) is 0 Å². The number of hydrogen-bond donors (Lipinski definition) is 1. The maximum atomic E-state index is 13.0. The molecule has 1 aliphatic heterocycles. The van der Waals surface area contributed by atoms with E-state index in [2.05, 4.69) is 0 Å². The largest absolute Gasteiger partial charge is 0.507 e. The van der Waals surface area contributed by atoms with Crippen molar-refractivity contribution in [3.8, 4) is 5.75 Å². The average Bonchev–Trinajstić information content (AvgIpc) is 2.98. The van der Waals surface area contributed by atoms with Crippen molar-refractivity contribution >= 4 is 40.7 Å². The molecule has 1 heterocycles. The SMILES string of the molecule is COc1ccc(Cl)cc1/C(O)=C1\C(=O)C(=O)N(CCCN(C)C)C1c1ccc(Cl)cc1. The highest BCUT2D eigenvalue weighted by molar-refractivity contribution is 6.46. The Morgan fingerprint density at radius 2 is 1.74 bits per heavy atom. The van der Waals surface area contributed by atoms with Crippen molar-refractivity contribution in [2.24, 2.45) is 0 Å². The van der Waals surface area contributed by atoms with Gasteiger partial charge in [-0.15, -0.1) is 0 Å². The molecule has 1 N–H and O–H groups in total. The number of hydrogen-bond acceptors (Lipinski definition) is 5. The lowest BCUT2D eigenvalue weighted by molar-refractivity contribution is -0.139. The number of Topliss-reactive ketones (excluding diaryl/α,β-unsaturated/α-hetero) is 1. The molecule has 1 saturated heterocycles. The third kappa shape index (κ3) is 4.87. The van der Waals surface area contributed by atoms with Crippen LogP contribution in [0.1, 0.15) is 23.6 Å². The van der Waals surface area contributed by atoms with E-state index in [0.29, 0.717) is 34.3 Å². The Balaban J connectivity index is 2.15. The van der Waals surface area contributed by atoms with Gasteiger partial charge in [0.2, 0.25) is 0 Å². The van der Waals surface area contributed by atoms with E-state index in [-0.39, 0.29) is 16.9 Å². The highest BCUT2D eigenvalue weighted by atomic mass is 35.5. The number of amides is 1. The smallest absolute Gasteiger partial charge is 0.295 e. The number of carbonyl (C=O) groups is 2. The fourth-order valence-electron chi connectivity index (χ4n) is 3.67. The molecule has 3 rings (SSSR count). The highest BCUT2D eigenvalue weighted by Gasteiger charge is 2.46. The Kier molecular flexibility index (Phi) is 7.26. The zero-order valence-electron chi connectivity index (χ0n) is 17.6. The minimum Gasteiger partial charge on any atom is -0.507 e. The molecule has 1 atom stereocenters. The summed E-state index contributed by atoms with van der Waals surface area (Å²) >= 11 is 12.2. The zero-order chi connectivity index (χ0) is 22.7. The standard InChI is InChI=1S/C23H24Cl2N2O4/c1-26(2)11-4-12-27-20(14-5-7-15(24)8-6-14)19(22(29)23(27)30)21(28)17-13-16(25)9-10-18(17)31-3/h5-10,13,20,28H,4,11-12H2,1-3H3/b21-19+. The van der Waals surface area contributed by atoms with Crippen LogP contribution in [0.5, 0.6) is 5.75 Å². The number of halogens is 2. The maximum absolute atomic E-state index is 13.0. The first-order valence-electron chi connectivity index (χ1n) is 9.77. The lowest BCUT2D eigenvalue weighted by Crippen LogP contribution is -2.32. The summed E-state index contributed by atoms with van der Waals surface area (Å²) in [5, 5.41) is 12.1. The molecule has 0 spiro atoms. The normalized spacial score (nSPS) is 18.1. The first kappa shape index (κ1) is 23.1. The first-order valence-corrected chi connectivity index (χ1v) is 10.5. The summed E-state index contributed by atoms with van der Waals surface area (Å²) in [5.74, 6) is -1.38. The van der Waals surface area contributed by atoms with Gasteiger partial charge >= 0.3 is 0 Å². The molecule has 164 valence electrons. The molecular formula is C23H24Cl2N2O4. The minimum absolute atomic E-state index is 0.00209. The van der Waals surface area contributed by atoms with Gasteiger partial charge in [0, 0.05) is 16.6 Å². The number of aliphatic hydroxyl groups excluding tert-OH is 1. The van der Waals surface area contributed by atoms with Crippen LogP contribution in [-0.2, 0) is 9.59 Å². The molecule has 1 fully saturated rings. The van der Waals surface area contributed by atoms with Crippen LogP contribution in [0.15, 0.2) is 48.0 Å². The number of nitrogens with zero attached hydrogens (tertiary/aromatic N) is 2. The van der Waals surface area contributed by atoms with Crippen molar-refractivity contribution in [3.05, 3.63) is 69.2 Å². The molecule has 0 saturated carbocycles. The number of carbonyl (C=O) groups excluding carboxylic acids is 2. The molecule has 0 aliphatic carbocycles. The Bertz CT molecular complexity index is 1020. The molecular weight excluding hydrogens is 439 g/mol. The second-order valence-corrected chi connectivity index (χ2v) is 8.42. The Hall–Kier alpha value is -2.54. The number of likely N-dealkylation sites (tertiary alicyclic amines) is 1. The van der Waals surface area contributed by atoms with E-state index in [4.69, 9.17) is 27.9 Å². The molecule has 1 aliphatic rings. The van der Waals surface area contributed by atoms with E-state index in [0.717, 1.165) is 6.54 Å². The molecule has 6 nitrogen and oxygen atoms in total. The second kappa shape index (κ2) is 9.73. The van der Waals surface area contributed by atoms with Crippen LogP contribution in [0, 0.1) is 0 Å². The Labute approximate surface area is 191 Å². The second-order valence-electron chi connectivity index (χ2n) is 7.55. The van der Waals surface area contributed by atoms with Gasteiger partial charge in [0.05, 0.1) is 24.3 Å². The average molecular weight is 463 g/mol. The van der Waals surface area contributed by atoms with E-state index < -0.39 is 17.7 Å². The monoisotopic (exact) mass is 462 g/mol. The number of benzene rings is 2. The van der Waals surface area contributed by atoms with Crippen LogP contribution in [-0.4, -0.2) is 60.9 Å². The summed E-state index contributed by atoms with van der Waals surface area (Å²) < 4.78 is 5.33. The topological polar surface area (TPSA) is 70.1 Å². The van der Waals surface area contributed by atoms with Crippen LogP contribution in [0.25, 0.3) is 5.76 Å². The van der Waals surface area contributed by atoms with E-state index in [1.165, 1.54) is 18.1 Å². The molecule has 1 unspecified atom stereocenters. The van der Waals surface area contributed by atoms with E-state index in [1.54, 1.807) is 36.4 Å². The molecule has 0 bridgehead atoms. The van der Waals surface area contributed by atoms with Gasteiger partial charge in [0.1, 0.15) is 11.5 Å². The summed E-state index contributed by atoms with van der Waals surface area (Å²) in [6.45, 7) is 1.11. The molecule has 8 heteroatoms. The zero-order valence-corrected chi connectivity index (χ0v) is 19.1. The molecule has 2 aromatic carbocycles. The predicted octanol–water partition coefficient (Wildman–Crippen LogP) is 4.38. The summed E-state index contributed by atoms with van der Waals surface area (Å²) in [5.41, 5.74) is 0.925. The van der Waals surface area contributed by atoms with Crippen molar-refractivity contribution in [2.45, 2.75) is 12.5 Å². The molecule has 0 radical (unpaired) electrons. The predicted molar refractivity (Wildman–Crippen MR) is 122 cm³/mol. The van der Waals surface area contributed by atoms with Gasteiger partial charge in [-0.2, -0.15) is 0 Å². The number of methoxy groups -OCH3 is 1. The summed E-state index contributed by atoms with van der Waals surface area (Å²) in [4.78, 5) is 29.5. The van der Waals surface area contributed by atoms with Crippen molar-refractivity contribution in [3.63, 3.8) is 0 Å². The number of ether oxygens (including phenoxy) is 1. The fraction of sp³-hybridized carbons (Fsp3) is 0.304. The highest BCUT2D eigenvalue weighted by Crippen LogP contribution is 2.41. The lowest BCUT2D eigenvalue weighted by atomic mass is 9.95. The van der Waals surface area contributed by atoms with Crippen LogP contribution < -0.4 is 4.74 Å². The third-order valence-corrected chi connectivity index (χ3v) is 5.63. The van der Waals surface area contributed by atoms with Crippen molar-refractivity contribution in [1.82, 2.24) is 9.80 Å². The van der Waals surface area contributed by atoms with Gasteiger partial charge in [0.15, 0.2) is 0 Å². The van der Waals surface area contributed by atoms with Gasteiger partial charge in [-0.1, -0.05) is 35.3 Å². The van der Waals surface area contributed by atoms with Crippen molar-refractivity contribution in [1.29, 1.82) is 0 Å². The Morgan fingerprint density at radius 3 is 2.35 bits per heavy atom. The van der Waals surface area contributed by atoms with Gasteiger partial charge < -0.3 is 19.6 Å². The first-order chi connectivity index (χ1) is 14.7. The number of ketones is 1. The molecule has 2 aromatic rings. The minimum atomic E-state index is -0.747. The molecule has 31 heavy (non-hydrogen) atoms. The van der Waals surface area contributed by atoms with Crippen LogP contribution in [0.2, 0.25) is 10.0 Å². The molecule has 1 amide bonds. The van der Waals surface area contributed by atoms with Gasteiger partial charge in [-0.25, -0.2) is 0 Å². The summed E-state index contributed by atoms with van der Waals surface area (Å²) in [6, 6.07) is 10.9. The third-order valence-electron chi connectivity index (χ3n) is 5.15. The van der Waals surface area contributed by atoms with Gasteiger partial charge in [0.25, 0.3) is 11.7 Å². The quantitative estimate of drug-likeness (QED) is 0.375. The van der Waals surface area contributed by atoms with E-state index in [1.807, 2.05) is 19.0 Å². The fourth-order valence-corrected chi connectivity index (χ4v) is 3.97. The number of rotatable bonds is 7. The van der Waals surface area contributed by atoms with Crippen molar-refractivity contribution < 1.29 is 19.4 Å². The summed E-state index contributed by atoms with van der Waals surface area (Å²) in [7, 11) is 5.34. The maximum Gasteiger partial charge on any atom is 0.295 e. The molecule has 0 aromatic heterocycles. The van der Waals surface area contributed by atoms with Gasteiger partial charge in [-0.3, -0.25) is 9.59 Å². The lowest BCUT2D eigenvalue weighted by Gasteiger charge is -2.26. The van der Waals surface area contributed by atoms with Crippen LogP contribution >= 0.6 is 23.2 Å². The van der Waals surface area contributed by atoms with E-state index >= 15 is 0 Å². The summed E-state index contributed by atoms with van der Waals surface area (Å²) in [6.07, 6.45) is 0.671.